The van der Waals surface area contributed by atoms with Crippen LogP contribution < -0.4 is 5.32 Å². The van der Waals surface area contributed by atoms with Gasteiger partial charge in [-0.2, -0.15) is 0 Å². The molecule has 6 heteroatoms. The molecule has 4 aromatic rings. The number of carbonyl (C=O) groups excluding carboxylic acids is 2. The molecule has 31 heavy (non-hydrogen) atoms. The van der Waals surface area contributed by atoms with E-state index in [1.807, 2.05) is 78.9 Å². The normalized spacial score (nSPS) is 11.7. The number of nitrogens with one attached hydrogen (secondary N) is 1. The van der Waals surface area contributed by atoms with E-state index in [-0.39, 0.29) is 25.0 Å². The summed E-state index contributed by atoms with van der Waals surface area (Å²) in [5.74, 6) is -0.892. The summed E-state index contributed by atoms with van der Waals surface area (Å²) in [5, 5.41) is 7.66. The van der Waals surface area contributed by atoms with Gasteiger partial charge in [0.15, 0.2) is 12.2 Å². The number of carbonyl (C=O) groups is 2. The van der Waals surface area contributed by atoms with Crippen molar-refractivity contribution >= 4 is 22.8 Å². The first-order valence-electron chi connectivity index (χ1n) is 10.1. The summed E-state index contributed by atoms with van der Waals surface area (Å²) >= 11 is 0. The Labute approximate surface area is 179 Å². The van der Waals surface area contributed by atoms with Crippen molar-refractivity contribution in [2.24, 2.45) is 0 Å². The number of fused-ring (bicyclic) bond motifs is 1. The summed E-state index contributed by atoms with van der Waals surface area (Å²) in [4.78, 5) is 24.7. The number of esters is 1. The fourth-order valence-electron chi connectivity index (χ4n) is 3.42. The van der Waals surface area contributed by atoms with Crippen molar-refractivity contribution in [3.8, 4) is 0 Å². The van der Waals surface area contributed by atoms with Crippen molar-refractivity contribution in [1.29, 1.82) is 0 Å². The van der Waals surface area contributed by atoms with E-state index in [2.05, 4.69) is 10.5 Å². The maximum atomic E-state index is 12.5. The summed E-state index contributed by atoms with van der Waals surface area (Å²) in [5.41, 5.74) is 3.19. The zero-order valence-electron chi connectivity index (χ0n) is 16.9. The molecule has 0 spiro atoms. The molecule has 0 unspecified atom stereocenters. The number of amides is 1. The van der Waals surface area contributed by atoms with Gasteiger partial charge < -0.3 is 14.6 Å². The van der Waals surface area contributed by atoms with Crippen LogP contribution in [0.3, 0.4) is 0 Å². The summed E-state index contributed by atoms with van der Waals surface area (Å²) in [7, 11) is 0. The van der Waals surface area contributed by atoms with Gasteiger partial charge >= 0.3 is 5.97 Å². The minimum atomic E-state index is -0.534. The summed E-state index contributed by atoms with van der Waals surface area (Å²) in [6.07, 6.45) is 0.575. The average Bonchev–Trinajstić information content (AvgIpc) is 3.21. The first-order valence-corrected chi connectivity index (χ1v) is 10.1. The van der Waals surface area contributed by atoms with Gasteiger partial charge in [-0.05, 0) is 29.7 Å². The smallest absolute Gasteiger partial charge is 0.312 e. The number of aromatic nitrogens is 1. The van der Waals surface area contributed by atoms with Gasteiger partial charge in [0.25, 0.3) is 5.91 Å². The van der Waals surface area contributed by atoms with Crippen molar-refractivity contribution in [1.82, 2.24) is 10.5 Å². The third-order valence-corrected chi connectivity index (χ3v) is 4.95. The third kappa shape index (κ3) is 5.36. The number of para-hydroxylation sites is 1. The number of rotatable bonds is 8. The highest BCUT2D eigenvalue weighted by atomic mass is 16.5. The zero-order valence-corrected chi connectivity index (χ0v) is 16.9. The number of benzene rings is 3. The van der Waals surface area contributed by atoms with E-state index in [1.165, 1.54) is 0 Å². The van der Waals surface area contributed by atoms with Gasteiger partial charge in [-0.25, -0.2) is 0 Å². The first kappa shape index (κ1) is 20.3. The predicted octanol–water partition coefficient (Wildman–Crippen LogP) is 4.01. The molecule has 0 aliphatic rings. The lowest BCUT2D eigenvalue weighted by molar-refractivity contribution is -0.148. The summed E-state index contributed by atoms with van der Waals surface area (Å²) in [6, 6.07) is 26.7. The Morgan fingerprint density at radius 1 is 0.903 bits per heavy atom. The highest BCUT2D eigenvalue weighted by Crippen LogP contribution is 2.19. The van der Waals surface area contributed by atoms with E-state index in [0.717, 1.165) is 16.5 Å². The molecule has 1 atom stereocenters. The monoisotopic (exact) mass is 414 g/mol. The molecule has 1 N–H and O–H groups in total. The average molecular weight is 414 g/mol. The first-order chi connectivity index (χ1) is 15.2. The van der Waals surface area contributed by atoms with Crippen LogP contribution in [0.15, 0.2) is 89.5 Å². The van der Waals surface area contributed by atoms with Gasteiger partial charge in [0.05, 0.1) is 12.5 Å². The van der Waals surface area contributed by atoms with E-state index in [0.29, 0.717) is 17.7 Å². The number of ether oxygens (including phenoxy) is 1. The molecule has 6 nitrogen and oxygen atoms in total. The van der Waals surface area contributed by atoms with Crippen molar-refractivity contribution in [3.05, 3.63) is 102 Å². The number of hydrogen-bond donors (Lipinski definition) is 1. The summed E-state index contributed by atoms with van der Waals surface area (Å²) < 4.78 is 10.4. The molecule has 3 aromatic carbocycles. The van der Waals surface area contributed by atoms with E-state index in [1.54, 1.807) is 6.07 Å². The van der Waals surface area contributed by atoms with E-state index < -0.39 is 5.97 Å². The van der Waals surface area contributed by atoms with Gasteiger partial charge in [-0.15, -0.1) is 0 Å². The van der Waals surface area contributed by atoms with Crippen LogP contribution in [-0.4, -0.2) is 23.6 Å². The minimum Gasteiger partial charge on any atom is -0.455 e. The molecule has 0 saturated carbocycles. The SMILES string of the molecule is O=C(COC(=O)Cc1noc2ccccc12)N[C@H](Cc1ccccc1)c1ccccc1. The van der Waals surface area contributed by atoms with Crippen molar-refractivity contribution in [2.45, 2.75) is 18.9 Å². The van der Waals surface area contributed by atoms with Gasteiger partial charge in [-0.1, -0.05) is 78.0 Å². The van der Waals surface area contributed by atoms with E-state index >= 15 is 0 Å². The second-order valence-electron chi connectivity index (χ2n) is 7.18. The molecule has 1 heterocycles. The van der Waals surface area contributed by atoms with Crippen LogP contribution in [0, 0.1) is 0 Å². The minimum absolute atomic E-state index is 0.0591. The topological polar surface area (TPSA) is 81.4 Å². The van der Waals surface area contributed by atoms with Crippen LogP contribution >= 0.6 is 0 Å². The van der Waals surface area contributed by atoms with Crippen molar-refractivity contribution < 1.29 is 18.8 Å². The van der Waals surface area contributed by atoms with E-state index in [9.17, 15) is 9.59 Å². The zero-order chi connectivity index (χ0) is 21.5. The Kier molecular flexibility index (Phi) is 6.38. The van der Waals surface area contributed by atoms with Crippen LogP contribution in [0.2, 0.25) is 0 Å². The second kappa shape index (κ2) is 9.71. The Balaban J connectivity index is 1.35. The number of nitrogens with zero attached hydrogens (tertiary/aromatic N) is 1. The lowest BCUT2D eigenvalue weighted by Crippen LogP contribution is -2.33. The standard InChI is InChI=1S/C25H22N2O4/c28-24(17-30-25(29)16-22-20-13-7-8-14-23(20)31-27-22)26-21(19-11-5-2-6-12-19)15-18-9-3-1-4-10-18/h1-14,21H,15-17H2,(H,26,28)/t21-/m1/s1. The van der Waals surface area contributed by atoms with Crippen LogP contribution in [0.4, 0.5) is 0 Å². The van der Waals surface area contributed by atoms with Gasteiger partial charge in [-0.3, -0.25) is 9.59 Å². The predicted molar refractivity (Wildman–Crippen MR) is 116 cm³/mol. The highest BCUT2D eigenvalue weighted by molar-refractivity contribution is 5.85. The molecule has 0 aliphatic carbocycles. The third-order valence-electron chi connectivity index (χ3n) is 4.95. The molecule has 0 saturated heterocycles. The molecule has 0 aliphatic heterocycles. The molecular formula is C25H22N2O4. The number of hydrogen-bond acceptors (Lipinski definition) is 5. The van der Waals surface area contributed by atoms with Gasteiger partial charge in [0.2, 0.25) is 0 Å². The van der Waals surface area contributed by atoms with Crippen molar-refractivity contribution in [3.63, 3.8) is 0 Å². The second-order valence-corrected chi connectivity index (χ2v) is 7.18. The Bertz CT molecular complexity index is 1160. The molecule has 4 rings (SSSR count). The molecule has 0 fully saturated rings. The molecule has 156 valence electrons. The fraction of sp³-hybridized carbons (Fsp3) is 0.160. The molecular weight excluding hydrogens is 392 g/mol. The quantitative estimate of drug-likeness (QED) is 0.441. The highest BCUT2D eigenvalue weighted by Gasteiger charge is 2.18. The maximum Gasteiger partial charge on any atom is 0.312 e. The van der Waals surface area contributed by atoms with Crippen LogP contribution in [-0.2, 0) is 27.2 Å². The molecule has 1 aromatic heterocycles. The molecule has 0 radical (unpaired) electrons. The van der Waals surface area contributed by atoms with Crippen LogP contribution in [0.25, 0.3) is 11.0 Å². The summed E-state index contributed by atoms with van der Waals surface area (Å²) in [6.45, 7) is -0.354. The van der Waals surface area contributed by atoms with Crippen molar-refractivity contribution in [2.75, 3.05) is 6.61 Å². The molecule has 1 amide bonds. The van der Waals surface area contributed by atoms with Gasteiger partial charge in [0.1, 0.15) is 5.69 Å². The largest absolute Gasteiger partial charge is 0.455 e. The maximum absolute atomic E-state index is 12.5. The Morgan fingerprint density at radius 2 is 1.58 bits per heavy atom. The van der Waals surface area contributed by atoms with Gasteiger partial charge in [0, 0.05) is 5.39 Å². The lowest BCUT2D eigenvalue weighted by Gasteiger charge is -2.19. The van der Waals surface area contributed by atoms with E-state index in [4.69, 9.17) is 9.26 Å². The Morgan fingerprint density at radius 3 is 2.35 bits per heavy atom. The van der Waals surface area contributed by atoms with Crippen LogP contribution in [0.1, 0.15) is 22.9 Å². The Hall–Kier alpha value is -3.93. The fourth-order valence-corrected chi connectivity index (χ4v) is 3.42. The van der Waals surface area contributed by atoms with Crippen LogP contribution in [0.5, 0.6) is 0 Å². The lowest BCUT2D eigenvalue weighted by atomic mass is 9.99. The molecule has 0 bridgehead atoms.